The molecule has 7 nitrogen and oxygen atoms in total. The van der Waals surface area contributed by atoms with Crippen molar-refractivity contribution < 1.29 is 14.2 Å². The van der Waals surface area contributed by atoms with Gasteiger partial charge in [-0.3, -0.25) is 20.2 Å². The molecule has 0 aliphatic carbocycles. The maximum atomic E-state index is 14.0. The second kappa shape index (κ2) is 7.55. The number of nitrogens with one attached hydrogen (secondary N) is 1. The number of benzene rings is 1. The number of hydrogen-bond acceptors (Lipinski definition) is 5. The van der Waals surface area contributed by atoms with Gasteiger partial charge in [0.15, 0.2) is 0 Å². The maximum Gasteiger partial charge on any atom is 0.311 e. The first-order valence-electron chi connectivity index (χ1n) is 7.97. The van der Waals surface area contributed by atoms with Gasteiger partial charge in [-0.15, -0.1) is 0 Å². The van der Waals surface area contributed by atoms with Crippen LogP contribution in [0.25, 0.3) is 0 Å². The minimum Gasteiger partial charge on any atom is -0.374 e. The molecule has 1 aromatic carbocycles. The maximum absolute atomic E-state index is 14.0. The van der Waals surface area contributed by atoms with E-state index < -0.39 is 32.6 Å². The van der Waals surface area contributed by atoms with Gasteiger partial charge in [-0.2, -0.15) is 4.39 Å². The molecule has 0 aromatic heterocycles. The zero-order valence-corrected chi connectivity index (χ0v) is 14.6. The molecule has 0 heterocycles. The highest BCUT2D eigenvalue weighted by molar-refractivity contribution is 5.66. The number of nitrogens with zero attached hydrogens (tertiary/aromatic N) is 2. The van der Waals surface area contributed by atoms with Crippen LogP contribution in [0.1, 0.15) is 47.5 Å². The monoisotopic (exact) mass is 341 g/mol. The van der Waals surface area contributed by atoms with Crippen molar-refractivity contribution in [3.8, 4) is 0 Å². The molecule has 0 spiro atoms. The molecule has 2 atom stereocenters. The van der Waals surface area contributed by atoms with Gasteiger partial charge in [0, 0.05) is 11.6 Å². The molecule has 0 fully saturated rings. The summed E-state index contributed by atoms with van der Waals surface area (Å²) in [4.78, 5) is 20.4. The fourth-order valence-electron chi connectivity index (χ4n) is 3.35. The van der Waals surface area contributed by atoms with Crippen LogP contribution in [0.4, 0.5) is 21.5 Å². The Bertz CT molecular complexity index is 636. The number of nitro benzene ring substituents is 2. The van der Waals surface area contributed by atoms with E-state index in [2.05, 4.69) is 19.2 Å². The van der Waals surface area contributed by atoms with E-state index in [1.807, 2.05) is 20.8 Å². The topological polar surface area (TPSA) is 98.3 Å². The predicted molar refractivity (Wildman–Crippen MR) is 90.6 cm³/mol. The van der Waals surface area contributed by atoms with Gasteiger partial charge in [0.25, 0.3) is 5.69 Å². The van der Waals surface area contributed by atoms with Gasteiger partial charge in [-0.25, -0.2) is 0 Å². The summed E-state index contributed by atoms with van der Waals surface area (Å²) < 4.78 is 14.0. The van der Waals surface area contributed by atoms with Crippen molar-refractivity contribution in [2.24, 2.45) is 11.8 Å². The number of halogens is 1. The van der Waals surface area contributed by atoms with Crippen molar-refractivity contribution in [1.29, 1.82) is 0 Å². The molecule has 1 aromatic rings. The summed E-state index contributed by atoms with van der Waals surface area (Å²) in [6.07, 6.45) is 1.51. The SMILES string of the molecule is CCC(C(C)C)C(C)(CC)Nc1cc(F)c([N+](=O)[O-])cc1[N+](=O)[O-]. The Morgan fingerprint density at radius 3 is 2.08 bits per heavy atom. The van der Waals surface area contributed by atoms with Gasteiger partial charge in [-0.1, -0.05) is 34.1 Å². The van der Waals surface area contributed by atoms with Crippen LogP contribution in [0.2, 0.25) is 0 Å². The first-order valence-corrected chi connectivity index (χ1v) is 7.97. The molecule has 0 saturated heterocycles. The molecule has 0 amide bonds. The third-order valence-corrected chi connectivity index (χ3v) is 4.68. The van der Waals surface area contributed by atoms with Crippen LogP contribution in [0.3, 0.4) is 0 Å². The minimum absolute atomic E-state index is 0.0356. The Kier molecular flexibility index (Phi) is 6.22. The minimum atomic E-state index is -1.09. The highest BCUT2D eigenvalue weighted by atomic mass is 19.1. The molecule has 1 rings (SSSR count). The fourth-order valence-corrected chi connectivity index (χ4v) is 3.35. The van der Waals surface area contributed by atoms with Gasteiger partial charge in [0.1, 0.15) is 5.69 Å². The summed E-state index contributed by atoms with van der Waals surface area (Å²) in [5, 5.41) is 25.2. The van der Waals surface area contributed by atoms with E-state index in [1.165, 1.54) is 0 Å². The number of nitro groups is 2. The smallest absolute Gasteiger partial charge is 0.311 e. The van der Waals surface area contributed by atoms with Crippen molar-refractivity contribution in [1.82, 2.24) is 0 Å². The molecule has 8 heteroatoms. The van der Waals surface area contributed by atoms with E-state index in [0.29, 0.717) is 18.4 Å². The normalized spacial score (nSPS) is 15.0. The molecule has 2 unspecified atom stereocenters. The number of rotatable bonds is 8. The summed E-state index contributed by atoms with van der Waals surface area (Å²) in [6, 6.07) is 1.52. The molecule has 0 saturated carbocycles. The zero-order valence-electron chi connectivity index (χ0n) is 14.6. The standard InChI is InChI=1S/C16H24FN3O4/c1-6-11(10(3)4)16(5,7-2)18-13-8-12(17)14(19(21)22)9-15(13)20(23)24/h8-11,18H,6-7H2,1-5H3. The molecule has 0 radical (unpaired) electrons. The summed E-state index contributed by atoms with van der Waals surface area (Å²) in [7, 11) is 0. The number of hydrogen-bond donors (Lipinski definition) is 1. The van der Waals surface area contributed by atoms with Gasteiger partial charge in [-0.05, 0) is 25.2 Å². The van der Waals surface area contributed by atoms with Crippen molar-refractivity contribution in [2.75, 3.05) is 5.32 Å². The summed E-state index contributed by atoms with van der Waals surface area (Å²) >= 11 is 0. The largest absolute Gasteiger partial charge is 0.374 e. The average Bonchev–Trinajstić information content (AvgIpc) is 2.46. The lowest BCUT2D eigenvalue weighted by molar-refractivity contribution is -0.395. The second-order valence-corrected chi connectivity index (χ2v) is 6.49. The van der Waals surface area contributed by atoms with Gasteiger partial charge < -0.3 is 5.32 Å². The highest BCUT2D eigenvalue weighted by Gasteiger charge is 2.36. The van der Waals surface area contributed by atoms with Crippen LogP contribution < -0.4 is 5.32 Å². The van der Waals surface area contributed by atoms with E-state index in [9.17, 15) is 24.6 Å². The first-order chi connectivity index (χ1) is 11.1. The molecule has 24 heavy (non-hydrogen) atoms. The molecular weight excluding hydrogens is 317 g/mol. The molecule has 0 bridgehead atoms. The van der Waals surface area contributed by atoms with Crippen LogP contribution >= 0.6 is 0 Å². The second-order valence-electron chi connectivity index (χ2n) is 6.49. The fraction of sp³-hybridized carbons (Fsp3) is 0.625. The van der Waals surface area contributed by atoms with Crippen molar-refractivity contribution in [2.45, 2.75) is 53.0 Å². The van der Waals surface area contributed by atoms with Crippen molar-refractivity contribution >= 4 is 17.1 Å². The van der Waals surface area contributed by atoms with Crippen LogP contribution in [0.15, 0.2) is 12.1 Å². The average molecular weight is 341 g/mol. The molecule has 134 valence electrons. The number of anilines is 1. The molecule has 0 aliphatic heterocycles. The van der Waals surface area contributed by atoms with E-state index in [4.69, 9.17) is 0 Å². The van der Waals surface area contributed by atoms with Crippen molar-refractivity contribution in [3.63, 3.8) is 0 Å². The molecular formula is C16H24FN3O4. The Labute approximate surface area is 140 Å². The Balaban J connectivity index is 3.42. The Morgan fingerprint density at radius 1 is 1.17 bits per heavy atom. The van der Waals surface area contributed by atoms with E-state index in [0.717, 1.165) is 12.5 Å². The van der Waals surface area contributed by atoms with Crippen LogP contribution in [0.5, 0.6) is 0 Å². The summed E-state index contributed by atoms with van der Waals surface area (Å²) in [5.74, 6) is -0.584. The molecule has 1 N–H and O–H groups in total. The van der Waals surface area contributed by atoms with Gasteiger partial charge in [0.05, 0.1) is 15.9 Å². The van der Waals surface area contributed by atoms with Crippen LogP contribution in [-0.4, -0.2) is 15.4 Å². The molecule has 0 aliphatic rings. The Hall–Kier alpha value is -2.25. The van der Waals surface area contributed by atoms with E-state index >= 15 is 0 Å². The third-order valence-electron chi connectivity index (χ3n) is 4.68. The van der Waals surface area contributed by atoms with Gasteiger partial charge >= 0.3 is 5.69 Å². The van der Waals surface area contributed by atoms with Crippen molar-refractivity contribution in [3.05, 3.63) is 38.2 Å². The van der Waals surface area contributed by atoms with E-state index in [-0.39, 0.29) is 11.6 Å². The lowest BCUT2D eigenvalue weighted by Gasteiger charge is -2.40. The summed E-state index contributed by atoms with van der Waals surface area (Å²) in [5.41, 5.74) is -1.94. The quantitative estimate of drug-likeness (QED) is 0.535. The first kappa shape index (κ1) is 19.8. The summed E-state index contributed by atoms with van der Waals surface area (Å²) in [6.45, 7) is 10.0. The van der Waals surface area contributed by atoms with Crippen LogP contribution in [0, 0.1) is 37.9 Å². The zero-order chi connectivity index (χ0) is 18.7. The highest BCUT2D eigenvalue weighted by Crippen LogP contribution is 2.38. The predicted octanol–water partition coefficient (Wildman–Crippen LogP) is 4.90. The lowest BCUT2D eigenvalue weighted by atomic mass is 9.74. The van der Waals surface area contributed by atoms with Gasteiger partial charge in [0.2, 0.25) is 5.82 Å². The third kappa shape index (κ3) is 3.98. The lowest BCUT2D eigenvalue weighted by Crippen LogP contribution is -2.44. The van der Waals surface area contributed by atoms with Crippen LogP contribution in [-0.2, 0) is 0 Å². The van der Waals surface area contributed by atoms with E-state index in [1.54, 1.807) is 0 Å². The Morgan fingerprint density at radius 2 is 1.71 bits per heavy atom.